The van der Waals surface area contributed by atoms with Crippen molar-refractivity contribution in [2.45, 2.75) is 24.3 Å². The normalized spacial score (nSPS) is 12.1. The fourth-order valence-corrected chi connectivity index (χ4v) is 3.45. The standard InChI is InChI=1S/C18H21N3O4S/c1-13(22)20-17(11-14-7-4-3-5-8-14)18(23)21-26(24,25)16-10-6-9-15(12-16)19-2/h3-10,12,17,19H,11H2,1-2H3,(H,20,22)(H,21,23)/t17-/m0/s1. The van der Waals surface area contributed by atoms with E-state index in [1.54, 1.807) is 43.4 Å². The van der Waals surface area contributed by atoms with Gasteiger partial charge in [0.2, 0.25) is 5.91 Å². The van der Waals surface area contributed by atoms with Crippen molar-refractivity contribution in [2.24, 2.45) is 0 Å². The Morgan fingerprint density at radius 1 is 1.04 bits per heavy atom. The summed E-state index contributed by atoms with van der Waals surface area (Å²) in [4.78, 5) is 23.9. The molecular weight excluding hydrogens is 354 g/mol. The van der Waals surface area contributed by atoms with Crippen LogP contribution in [0.4, 0.5) is 5.69 Å². The lowest BCUT2D eigenvalue weighted by Gasteiger charge is -2.18. The summed E-state index contributed by atoms with van der Waals surface area (Å²) in [6, 6.07) is 14.1. The molecule has 0 heterocycles. The van der Waals surface area contributed by atoms with Crippen molar-refractivity contribution in [3.05, 3.63) is 60.2 Å². The van der Waals surface area contributed by atoms with Gasteiger partial charge in [-0.05, 0) is 23.8 Å². The number of sulfonamides is 1. The topological polar surface area (TPSA) is 104 Å². The van der Waals surface area contributed by atoms with Crippen LogP contribution >= 0.6 is 0 Å². The van der Waals surface area contributed by atoms with Gasteiger partial charge in [0.25, 0.3) is 15.9 Å². The van der Waals surface area contributed by atoms with Crippen LogP contribution in [-0.4, -0.2) is 33.3 Å². The van der Waals surface area contributed by atoms with Crippen LogP contribution in [0.25, 0.3) is 0 Å². The third kappa shape index (κ3) is 5.32. The van der Waals surface area contributed by atoms with Crippen LogP contribution in [-0.2, 0) is 26.0 Å². The molecule has 0 aliphatic carbocycles. The van der Waals surface area contributed by atoms with Crippen LogP contribution in [0.15, 0.2) is 59.5 Å². The number of amides is 2. The minimum absolute atomic E-state index is 0.0426. The van der Waals surface area contributed by atoms with E-state index in [0.717, 1.165) is 5.56 Å². The average Bonchev–Trinajstić information content (AvgIpc) is 2.61. The molecule has 0 aromatic heterocycles. The van der Waals surface area contributed by atoms with Gasteiger partial charge < -0.3 is 10.6 Å². The lowest BCUT2D eigenvalue weighted by Crippen LogP contribution is -2.49. The van der Waals surface area contributed by atoms with Crippen LogP contribution in [0.1, 0.15) is 12.5 Å². The molecule has 0 saturated carbocycles. The molecule has 138 valence electrons. The van der Waals surface area contributed by atoms with E-state index >= 15 is 0 Å². The summed E-state index contributed by atoms with van der Waals surface area (Å²) in [5.74, 6) is -1.21. The van der Waals surface area contributed by atoms with Crippen molar-refractivity contribution in [1.29, 1.82) is 0 Å². The van der Waals surface area contributed by atoms with Gasteiger partial charge in [-0.25, -0.2) is 13.1 Å². The number of carbonyl (C=O) groups is 2. The van der Waals surface area contributed by atoms with E-state index in [1.165, 1.54) is 19.1 Å². The zero-order chi connectivity index (χ0) is 19.2. The number of benzene rings is 2. The largest absolute Gasteiger partial charge is 0.388 e. The zero-order valence-electron chi connectivity index (χ0n) is 14.5. The highest BCUT2D eigenvalue weighted by molar-refractivity contribution is 7.90. The summed E-state index contributed by atoms with van der Waals surface area (Å²) in [7, 11) is -2.39. The molecule has 0 unspecified atom stereocenters. The molecule has 0 aliphatic rings. The second kappa shape index (κ2) is 8.48. The molecule has 2 aromatic rings. The molecule has 7 nitrogen and oxygen atoms in total. The molecule has 3 N–H and O–H groups in total. The zero-order valence-corrected chi connectivity index (χ0v) is 15.3. The Morgan fingerprint density at radius 3 is 2.35 bits per heavy atom. The van der Waals surface area contributed by atoms with Crippen molar-refractivity contribution >= 4 is 27.5 Å². The van der Waals surface area contributed by atoms with Crippen molar-refractivity contribution in [3.8, 4) is 0 Å². The first kappa shape index (κ1) is 19.5. The van der Waals surface area contributed by atoms with Gasteiger partial charge in [-0.15, -0.1) is 0 Å². The minimum Gasteiger partial charge on any atom is -0.388 e. The molecule has 0 spiro atoms. The van der Waals surface area contributed by atoms with Gasteiger partial charge in [-0.2, -0.15) is 0 Å². The molecule has 1 atom stereocenters. The first-order chi connectivity index (χ1) is 12.3. The predicted octanol–water partition coefficient (Wildman–Crippen LogP) is 1.28. The third-order valence-electron chi connectivity index (χ3n) is 3.64. The van der Waals surface area contributed by atoms with Crippen LogP contribution in [0.2, 0.25) is 0 Å². The molecule has 0 radical (unpaired) electrons. The Bertz CT molecular complexity index is 882. The maximum Gasteiger partial charge on any atom is 0.264 e. The number of carbonyl (C=O) groups excluding carboxylic acids is 2. The molecule has 2 aromatic carbocycles. The Labute approximate surface area is 152 Å². The minimum atomic E-state index is -4.06. The summed E-state index contributed by atoms with van der Waals surface area (Å²) in [5.41, 5.74) is 1.40. The molecular formula is C18H21N3O4S. The first-order valence-corrected chi connectivity index (χ1v) is 9.45. The van der Waals surface area contributed by atoms with Crippen molar-refractivity contribution in [3.63, 3.8) is 0 Å². The third-order valence-corrected chi connectivity index (χ3v) is 4.99. The highest BCUT2D eigenvalue weighted by Gasteiger charge is 2.25. The van der Waals surface area contributed by atoms with Gasteiger partial charge in [-0.1, -0.05) is 36.4 Å². The van der Waals surface area contributed by atoms with Gasteiger partial charge in [0.05, 0.1) is 4.90 Å². The van der Waals surface area contributed by atoms with Crippen LogP contribution in [0, 0.1) is 0 Å². The predicted molar refractivity (Wildman–Crippen MR) is 99.1 cm³/mol. The van der Waals surface area contributed by atoms with E-state index in [9.17, 15) is 18.0 Å². The van der Waals surface area contributed by atoms with E-state index in [2.05, 4.69) is 10.6 Å². The quantitative estimate of drug-likeness (QED) is 0.676. The molecule has 2 rings (SSSR count). The summed E-state index contributed by atoms with van der Waals surface area (Å²) in [5, 5.41) is 5.34. The molecule has 0 saturated heterocycles. The van der Waals surface area contributed by atoms with E-state index in [-0.39, 0.29) is 11.3 Å². The molecule has 0 fully saturated rings. The van der Waals surface area contributed by atoms with Crippen LogP contribution in [0.5, 0.6) is 0 Å². The SMILES string of the molecule is CNc1cccc(S(=O)(=O)NC(=O)[C@H](Cc2ccccc2)NC(C)=O)c1. The van der Waals surface area contributed by atoms with Crippen LogP contribution in [0.3, 0.4) is 0 Å². The first-order valence-electron chi connectivity index (χ1n) is 7.97. The maximum atomic E-state index is 12.5. The number of hydrogen-bond donors (Lipinski definition) is 3. The van der Waals surface area contributed by atoms with Crippen LogP contribution < -0.4 is 15.4 Å². The van der Waals surface area contributed by atoms with Crippen molar-refractivity contribution in [2.75, 3.05) is 12.4 Å². The lowest BCUT2D eigenvalue weighted by atomic mass is 10.1. The second-order valence-corrected chi connectivity index (χ2v) is 7.37. The Hall–Kier alpha value is -2.87. The lowest BCUT2D eigenvalue weighted by molar-refractivity contribution is -0.126. The highest BCUT2D eigenvalue weighted by Crippen LogP contribution is 2.15. The van der Waals surface area contributed by atoms with E-state index in [1.807, 2.05) is 10.8 Å². The summed E-state index contributed by atoms with van der Waals surface area (Å²) < 4.78 is 27.0. The summed E-state index contributed by atoms with van der Waals surface area (Å²) in [6.45, 7) is 1.27. The highest BCUT2D eigenvalue weighted by atomic mass is 32.2. The van der Waals surface area contributed by atoms with Crippen molar-refractivity contribution in [1.82, 2.24) is 10.0 Å². The van der Waals surface area contributed by atoms with E-state index < -0.39 is 27.9 Å². The van der Waals surface area contributed by atoms with Gasteiger partial charge in [0.1, 0.15) is 6.04 Å². The van der Waals surface area contributed by atoms with E-state index in [4.69, 9.17) is 0 Å². The summed E-state index contributed by atoms with van der Waals surface area (Å²) >= 11 is 0. The molecule has 0 aliphatic heterocycles. The molecule has 8 heteroatoms. The Balaban J connectivity index is 2.20. The Morgan fingerprint density at radius 2 is 1.73 bits per heavy atom. The Kier molecular flexibility index (Phi) is 6.35. The number of hydrogen-bond acceptors (Lipinski definition) is 5. The fourth-order valence-electron chi connectivity index (χ4n) is 2.39. The number of anilines is 1. The van der Waals surface area contributed by atoms with E-state index in [0.29, 0.717) is 5.69 Å². The second-order valence-electron chi connectivity index (χ2n) is 5.69. The van der Waals surface area contributed by atoms with Crippen molar-refractivity contribution < 1.29 is 18.0 Å². The van der Waals surface area contributed by atoms with Gasteiger partial charge in [-0.3, -0.25) is 9.59 Å². The fraction of sp³-hybridized carbons (Fsp3) is 0.222. The molecule has 0 bridgehead atoms. The van der Waals surface area contributed by atoms with Gasteiger partial charge in [0, 0.05) is 26.1 Å². The van der Waals surface area contributed by atoms with Gasteiger partial charge >= 0.3 is 0 Å². The monoisotopic (exact) mass is 375 g/mol. The molecule has 26 heavy (non-hydrogen) atoms. The average molecular weight is 375 g/mol. The maximum absolute atomic E-state index is 12.5. The molecule has 2 amide bonds. The number of rotatable bonds is 7. The number of nitrogens with one attached hydrogen (secondary N) is 3. The smallest absolute Gasteiger partial charge is 0.264 e. The van der Waals surface area contributed by atoms with Gasteiger partial charge in [0.15, 0.2) is 0 Å². The summed E-state index contributed by atoms with van der Waals surface area (Å²) in [6.07, 6.45) is 0.179.